The van der Waals surface area contributed by atoms with Gasteiger partial charge in [0, 0.05) is 12.6 Å². The third-order valence-electron chi connectivity index (χ3n) is 7.05. The summed E-state index contributed by atoms with van der Waals surface area (Å²) in [6.07, 6.45) is -4.06. The first-order valence-corrected chi connectivity index (χ1v) is 15.7. The van der Waals surface area contributed by atoms with Crippen molar-refractivity contribution in [2.75, 3.05) is 18.0 Å². The third-order valence-corrected chi connectivity index (χ3v) is 9.17. The first-order valence-electron chi connectivity index (χ1n) is 13.9. The van der Waals surface area contributed by atoms with E-state index in [1.54, 1.807) is 37.3 Å². The highest BCUT2D eigenvalue weighted by Gasteiger charge is 2.37. The molecule has 0 bridgehead atoms. The number of rotatable bonds is 13. The Bertz CT molecular complexity index is 1540. The Labute approximate surface area is 260 Å². The minimum atomic E-state index is -4.89. The van der Waals surface area contributed by atoms with Crippen molar-refractivity contribution in [2.24, 2.45) is 0 Å². The first-order chi connectivity index (χ1) is 20.7. The zero-order valence-corrected chi connectivity index (χ0v) is 26.3. The molecule has 0 aliphatic rings. The highest BCUT2D eigenvalue weighted by molar-refractivity contribution is 7.92. The Hall–Kier alpha value is -3.77. The van der Waals surface area contributed by atoms with Crippen molar-refractivity contribution >= 4 is 39.1 Å². The van der Waals surface area contributed by atoms with Gasteiger partial charge in [-0.1, -0.05) is 55.8 Å². The lowest BCUT2D eigenvalue weighted by Gasteiger charge is -2.34. The largest absolute Gasteiger partial charge is 0.497 e. The number of benzene rings is 3. The summed E-state index contributed by atoms with van der Waals surface area (Å²) in [7, 11) is -3.06. The van der Waals surface area contributed by atoms with Gasteiger partial charge in [0.15, 0.2) is 0 Å². The summed E-state index contributed by atoms with van der Waals surface area (Å²) in [5.41, 5.74) is -1.05. The fourth-order valence-corrected chi connectivity index (χ4v) is 6.07. The minimum Gasteiger partial charge on any atom is -0.497 e. The molecule has 2 amide bonds. The summed E-state index contributed by atoms with van der Waals surface area (Å²) >= 11 is 5.82. The predicted molar refractivity (Wildman–Crippen MR) is 163 cm³/mol. The maximum atomic E-state index is 14.1. The molecule has 3 aromatic rings. The van der Waals surface area contributed by atoms with E-state index >= 15 is 0 Å². The first kappa shape index (κ1) is 34.7. The van der Waals surface area contributed by atoms with Crippen LogP contribution in [0.1, 0.15) is 44.7 Å². The van der Waals surface area contributed by atoms with Gasteiger partial charge >= 0.3 is 6.18 Å². The Morgan fingerprint density at radius 2 is 1.61 bits per heavy atom. The van der Waals surface area contributed by atoms with Gasteiger partial charge in [0.1, 0.15) is 18.3 Å². The number of amides is 2. The Kier molecular flexibility index (Phi) is 11.7. The number of halogens is 4. The molecule has 0 aliphatic carbocycles. The molecular formula is C31H35ClF3N3O5S. The Morgan fingerprint density at radius 1 is 0.977 bits per heavy atom. The number of hydrogen-bond acceptors (Lipinski definition) is 5. The van der Waals surface area contributed by atoms with Gasteiger partial charge in [-0.05, 0) is 67.8 Å². The van der Waals surface area contributed by atoms with Gasteiger partial charge in [0.05, 0.1) is 28.3 Å². The van der Waals surface area contributed by atoms with E-state index in [4.69, 9.17) is 16.3 Å². The van der Waals surface area contributed by atoms with Crippen LogP contribution in [0.25, 0.3) is 0 Å². The van der Waals surface area contributed by atoms with E-state index in [1.807, 2.05) is 13.8 Å². The monoisotopic (exact) mass is 653 g/mol. The number of anilines is 1. The van der Waals surface area contributed by atoms with Crippen molar-refractivity contribution in [1.82, 2.24) is 10.2 Å². The third kappa shape index (κ3) is 8.44. The number of alkyl halides is 3. The highest BCUT2D eigenvalue weighted by atomic mass is 35.5. The van der Waals surface area contributed by atoms with E-state index < -0.39 is 56.9 Å². The number of methoxy groups -OCH3 is 1. The number of sulfonamides is 1. The average Bonchev–Trinajstić information content (AvgIpc) is 3.00. The maximum Gasteiger partial charge on any atom is 0.417 e. The molecule has 0 aliphatic heterocycles. The van der Waals surface area contributed by atoms with Crippen LogP contribution in [0, 0.1) is 0 Å². The lowest BCUT2D eigenvalue weighted by molar-refractivity contribution is -0.140. The van der Waals surface area contributed by atoms with Gasteiger partial charge in [-0.15, -0.1) is 0 Å². The Morgan fingerprint density at radius 3 is 2.16 bits per heavy atom. The Balaban J connectivity index is 2.13. The predicted octanol–water partition coefficient (Wildman–Crippen LogP) is 6.28. The van der Waals surface area contributed by atoms with Crippen molar-refractivity contribution in [3.05, 3.63) is 88.9 Å². The molecule has 0 fully saturated rings. The summed E-state index contributed by atoms with van der Waals surface area (Å²) in [6.45, 7) is 4.44. The van der Waals surface area contributed by atoms with Crippen LogP contribution in [0.4, 0.5) is 18.9 Å². The van der Waals surface area contributed by atoms with E-state index in [0.717, 1.165) is 12.1 Å². The van der Waals surface area contributed by atoms with Gasteiger partial charge in [0.25, 0.3) is 10.0 Å². The normalized spacial score (nSPS) is 13.1. The average molecular weight is 654 g/mol. The fraction of sp³-hybridized carbons (Fsp3) is 0.355. The van der Waals surface area contributed by atoms with Gasteiger partial charge in [-0.3, -0.25) is 13.9 Å². The zero-order chi connectivity index (χ0) is 32.7. The van der Waals surface area contributed by atoms with Crippen LogP contribution in [0.15, 0.2) is 77.7 Å². The molecule has 13 heteroatoms. The SMILES string of the molecule is CCC(C)NC(=O)C(CC)N(Cc1ccc(OC)cc1)C(=O)CN(c1ccc(Cl)c(C(F)(F)F)c1)S(=O)(=O)c1ccccc1. The second kappa shape index (κ2) is 14.8. The van der Waals surface area contributed by atoms with Crippen LogP contribution in [0.2, 0.25) is 5.02 Å². The van der Waals surface area contributed by atoms with Crippen molar-refractivity contribution < 1.29 is 35.9 Å². The van der Waals surface area contributed by atoms with E-state index in [2.05, 4.69) is 5.32 Å². The second-order valence-corrected chi connectivity index (χ2v) is 12.4. The lowest BCUT2D eigenvalue weighted by Crippen LogP contribution is -2.53. The summed E-state index contributed by atoms with van der Waals surface area (Å²) in [5, 5.41) is 2.24. The smallest absolute Gasteiger partial charge is 0.417 e. The molecule has 0 heterocycles. The molecule has 3 aromatic carbocycles. The second-order valence-electron chi connectivity index (χ2n) is 10.1. The van der Waals surface area contributed by atoms with Gasteiger partial charge in [-0.25, -0.2) is 8.42 Å². The number of nitrogens with one attached hydrogen (secondary N) is 1. The number of carbonyl (C=O) groups is 2. The molecule has 2 unspecified atom stereocenters. The minimum absolute atomic E-state index is 0.0805. The zero-order valence-electron chi connectivity index (χ0n) is 24.8. The fourth-order valence-electron chi connectivity index (χ4n) is 4.42. The van der Waals surface area contributed by atoms with E-state index in [-0.39, 0.29) is 23.9 Å². The molecule has 3 rings (SSSR count). The summed E-state index contributed by atoms with van der Waals surface area (Å²) in [4.78, 5) is 28.5. The van der Waals surface area contributed by atoms with E-state index in [0.29, 0.717) is 28.1 Å². The van der Waals surface area contributed by atoms with Crippen LogP contribution in [0.5, 0.6) is 5.75 Å². The number of carbonyl (C=O) groups excluding carboxylic acids is 2. The van der Waals surface area contributed by atoms with Gasteiger partial charge < -0.3 is 15.0 Å². The summed E-state index contributed by atoms with van der Waals surface area (Å²) in [6, 6.07) is 15.2. The van der Waals surface area contributed by atoms with Crippen LogP contribution in [-0.4, -0.2) is 50.9 Å². The molecule has 1 N–H and O–H groups in total. The summed E-state index contributed by atoms with van der Waals surface area (Å²) in [5.74, 6) is -0.668. The molecule has 0 spiro atoms. The molecule has 0 saturated carbocycles. The standard InChI is InChI=1S/C31H35ClF3N3O5S/c1-5-21(3)36-30(40)28(6-2)37(19-22-12-15-24(43-4)16-13-22)29(39)20-38(44(41,42)25-10-8-7-9-11-25)23-14-17-27(32)26(18-23)31(33,34)35/h7-18,21,28H,5-6,19-20H2,1-4H3,(H,36,40). The van der Waals surface area contributed by atoms with Crippen LogP contribution in [-0.2, 0) is 32.3 Å². The molecule has 44 heavy (non-hydrogen) atoms. The number of hydrogen-bond donors (Lipinski definition) is 1. The van der Waals surface area contributed by atoms with E-state index in [1.165, 1.54) is 36.3 Å². The molecule has 0 saturated heterocycles. The van der Waals surface area contributed by atoms with Crippen molar-refractivity contribution in [1.29, 1.82) is 0 Å². The van der Waals surface area contributed by atoms with Crippen molar-refractivity contribution in [3.8, 4) is 5.75 Å². The number of ether oxygens (including phenoxy) is 1. The molecule has 238 valence electrons. The highest BCUT2D eigenvalue weighted by Crippen LogP contribution is 2.38. The van der Waals surface area contributed by atoms with Gasteiger partial charge in [-0.2, -0.15) is 13.2 Å². The topological polar surface area (TPSA) is 96.0 Å². The molecule has 8 nitrogen and oxygen atoms in total. The quantitative estimate of drug-likeness (QED) is 0.234. The molecule has 0 aromatic heterocycles. The van der Waals surface area contributed by atoms with Crippen molar-refractivity contribution in [3.63, 3.8) is 0 Å². The van der Waals surface area contributed by atoms with Gasteiger partial charge in [0.2, 0.25) is 11.8 Å². The van der Waals surface area contributed by atoms with E-state index in [9.17, 15) is 31.2 Å². The number of nitrogens with zero attached hydrogens (tertiary/aromatic N) is 2. The van der Waals surface area contributed by atoms with Crippen LogP contribution < -0.4 is 14.4 Å². The molecular weight excluding hydrogens is 619 g/mol. The summed E-state index contributed by atoms with van der Waals surface area (Å²) < 4.78 is 74.9. The van der Waals surface area contributed by atoms with Crippen LogP contribution >= 0.6 is 11.6 Å². The van der Waals surface area contributed by atoms with Crippen LogP contribution in [0.3, 0.4) is 0 Å². The molecule has 0 radical (unpaired) electrons. The maximum absolute atomic E-state index is 14.1. The molecule has 2 atom stereocenters. The lowest BCUT2D eigenvalue weighted by atomic mass is 10.1. The van der Waals surface area contributed by atoms with Crippen molar-refractivity contribution in [2.45, 2.75) is 63.3 Å².